The standard InChI is InChI=1S/C13H15F2N3O3/c14-13(15)10-7-9(18(20)21)3-4-11(10)16-6-5-12(19)17-8-1-2-8/h3-4,7-8,13,16H,1-2,5-6H2,(H,17,19). The molecule has 0 unspecified atom stereocenters. The van der Waals surface area contributed by atoms with E-state index in [1.165, 1.54) is 6.07 Å². The number of amides is 1. The number of hydrogen-bond donors (Lipinski definition) is 2. The van der Waals surface area contributed by atoms with Gasteiger partial charge in [0.25, 0.3) is 12.1 Å². The second-order valence-corrected chi connectivity index (χ2v) is 4.85. The van der Waals surface area contributed by atoms with Crippen LogP contribution in [0.3, 0.4) is 0 Å². The van der Waals surface area contributed by atoms with E-state index < -0.39 is 16.9 Å². The minimum atomic E-state index is -2.83. The molecule has 1 saturated carbocycles. The first kappa shape index (κ1) is 15.1. The summed E-state index contributed by atoms with van der Waals surface area (Å²) in [5.74, 6) is -0.134. The van der Waals surface area contributed by atoms with Crippen molar-refractivity contribution >= 4 is 17.3 Å². The molecule has 0 atom stereocenters. The van der Waals surface area contributed by atoms with E-state index in [-0.39, 0.29) is 36.3 Å². The lowest BCUT2D eigenvalue weighted by Crippen LogP contribution is -2.27. The van der Waals surface area contributed by atoms with Crippen molar-refractivity contribution in [3.05, 3.63) is 33.9 Å². The minimum Gasteiger partial charge on any atom is -0.384 e. The molecule has 1 aliphatic carbocycles. The molecule has 0 radical (unpaired) electrons. The number of nitrogens with zero attached hydrogens (tertiary/aromatic N) is 1. The highest BCUT2D eigenvalue weighted by atomic mass is 19.3. The number of anilines is 1. The number of nitro benzene ring substituents is 1. The summed E-state index contributed by atoms with van der Waals surface area (Å²) in [5.41, 5.74) is -0.719. The summed E-state index contributed by atoms with van der Waals surface area (Å²) >= 11 is 0. The fourth-order valence-electron chi connectivity index (χ4n) is 1.84. The maximum atomic E-state index is 12.9. The van der Waals surface area contributed by atoms with Gasteiger partial charge in [0, 0.05) is 42.4 Å². The van der Waals surface area contributed by atoms with Crippen molar-refractivity contribution in [3.63, 3.8) is 0 Å². The lowest BCUT2D eigenvalue weighted by molar-refractivity contribution is -0.385. The molecule has 1 aromatic rings. The number of carbonyl (C=O) groups excluding carboxylic acids is 1. The van der Waals surface area contributed by atoms with Crippen molar-refractivity contribution in [2.45, 2.75) is 31.7 Å². The maximum Gasteiger partial charge on any atom is 0.270 e. The molecule has 8 heteroatoms. The van der Waals surface area contributed by atoms with Gasteiger partial charge in [0.15, 0.2) is 0 Å². The van der Waals surface area contributed by atoms with Gasteiger partial charge in [-0.2, -0.15) is 0 Å². The third-order valence-corrected chi connectivity index (χ3v) is 3.09. The zero-order valence-electron chi connectivity index (χ0n) is 11.1. The zero-order valence-corrected chi connectivity index (χ0v) is 11.1. The van der Waals surface area contributed by atoms with Gasteiger partial charge in [-0.1, -0.05) is 0 Å². The third-order valence-electron chi connectivity index (χ3n) is 3.09. The Hall–Kier alpha value is -2.25. The molecular weight excluding hydrogens is 284 g/mol. The van der Waals surface area contributed by atoms with Crippen molar-refractivity contribution in [3.8, 4) is 0 Å². The van der Waals surface area contributed by atoms with Crippen LogP contribution in [0.1, 0.15) is 31.3 Å². The Balaban J connectivity index is 1.94. The van der Waals surface area contributed by atoms with Crippen LogP contribution in [0.2, 0.25) is 0 Å². The van der Waals surface area contributed by atoms with Crippen LogP contribution in [-0.4, -0.2) is 23.4 Å². The van der Waals surface area contributed by atoms with Crippen LogP contribution in [0, 0.1) is 10.1 Å². The summed E-state index contributed by atoms with van der Waals surface area (Å²) in [4.78, 5) is 21.3. The van der Waals surface area contributed by atoms with E-state index in [9.17, 15) is 23.7 Å². The summed E-state index contributed by atoms with van der Waals surface area (Å²) in [6.07, 6.45) is -0.697. The Morgan fingerprint density at radius 2 is 2.14 bits per heavy atom. The number of alkyl halides is 2. The lowest BCUT2D eigenvalue weighted by Gasteiger charge is -2.11. The number of nitrogens with one attached hydrogen (secondary N) is 2. The number of rotatable bonds is 7. The highest BCUT2D eigenvalue weighted by Crippen LogP contribution is 2.30. The third kappa shape index (κ3) is 4.37. The molecule has 2 N–H and O–H groups in total. The predicted molar refractivity (Wildman–Crippen MR) is 72.3 cm³/mol. The summed E-state index contributed by atoms with van der Waals surface area (Å²) in [7, 11) is 0. The first-order valence-corrected chi connectivity index (χ1v) is 6.57. The molecule has 0 heterocycles. The predicted octanol–water partition coefficient (Wildman–Crippen LogP) is 2.61. The normalized spacial score (nSPS) is 14.0. The number of nitro groups is 1. The van der Waals surface area contributed by atoms with Crippen LogP contribution in [0.15, 0.2) is 18.2 Å². The van der Waals surface area contributed by atoms with E-state index in [1.54, 1.807) is 0 Å². The zero-order chi connectivity index (χ0) is 15.4. The van der Waals surface area contributed by atoms with Crippen LogP contribution in [0.4, 0.5) is 20.2 Å². The van der Waals surface area contributed by atoms with Crippen LogP contribution in [-0.2, 0) is 4.79 Å². The summed E-state index contributed by atoms with van der Waals surface area (Å²) in [6.45, 7) is 0.191. The molecule has 114 valence electrons. The van der Waals surface area contributed by atoms with Crippen LogP contribution in [0.5, 0.6) is 0 Å². The molecule has 2 rings (SSSR count). The van der Waals surface area contributed by atoms with E-state index in [4.69, 9.17) is 0 Å². The van der Waals surface area contributed by atoms with Gasteiger partial charge in [0.1, 0.15) is 0 Å². The maximum absolute atomic E-state index is 12.9. The quantitative estimate of drug-likeness (QED) is 0.598. The molecule has 1 amide bonds. The van der Waals surface area contributed by atoms with Crippen molar-refractivity contribution in [1.82, 2.24) is 5.32 Å². The SMILES string of the molecule is O=C(CCNc1ccc([N+](=O)[O-])cc1C(F)F)NC1CC1. The molecule has 1 fully saturated rings. The van der Waals surface area contributed by atoms with E-state index in [0.29, 0.717) is 0 Å². The Morgan fingerprint density at radius 1 is 1.43 bits per heavy atom. The van der Waals surface area contributed by atoms with Gasteiger partial charge in [0.2, 0.25) is 5.91 Å². The summed E-state index contributed by atoms with van der Waals surface area (Å²) < 4.78 is 25.8. The molecular formula is C13H15F2N3O3. The first-order chi connectivity index (χ1) is 9.97. The fourth-order valence-corrected chi connectivity index (χ4v) is 1.84. The fraction of sp³-hybridized carbons (Fsp3) is 0.462. The van der Waals surface area contributed by atoms with Gasteiger partial charge in [-0.3, -0.25) is 14.9 Å². The van der Waals surface area contributed by atoms with Crippen LogP contribution >= 0.6 is 0 Å². The van der Waals surface area contributed by atoms with Crippen molar-refractivity contribution in [2.24, 2.45) is 0 Å². The average Bonchev–Trinajstić information content (AvgIpc) is 3.22. The number of hydrogen-bond acceptors (Lipinski definition) is 4. The van der Waals surface area contributed by atoms with Gasteiger partial charge < -0.3 is 10.6 Å². The number of carbonyl (C=O) groups is 1. The topological polar surface area (TPSA) is 84.3 Å². The number of non-ortho nitro benzene ring substituents is 1. The first-order valence-electron chi connectivity index (χ1n) is 6.57. The minimum absolute atomic E-state index is 0.106. The van der Waals surface area contributed by atoms with Crippen LogP contribution in [0.25, 0.3) is 0 Å². The molecule has 1 aromatic carbocycles. The van der Waals surface area contributed by atoms with E-state index in [1.807, 2.05) is 0 Å². The second kappa shape index (κ2) is 6.47. The van der Waals surface area contributed by atoms with E-state index in [2.05, 4.69) is 10.6 Å². The highest BCUT2D eigenvalue weighted by Gasteiger charge is 2.23. The Morgan fingerprint density at radius 3 is 2.71 bits per heavy atom. The molecule has 0 bridgehead atoms. The van der Waals surface area contributed by atoms with Crippen molar-refractivity contribution in [2.75, 3.05) is 11.9 Å². The Kier molecular flexibility index (Phi) is 4.66. The second-order valence-electron chi connectivity index (χ2n) is 4.85. The highest BCUT2D eigenvalue weighted by molar-refractivity contribution is 5.77. The Labute approximate surface area is 119 Å². The number of benzene rings is 1. The van der Waals surface area contributed by atoms with Crippen LogP contribution < -0.4 is 10.6 Å². The monoisotopic (exact) mass is 299 g/mol. The van der Waals surface area contributed by atoms with Gasteiger partial charge in [0.05, 0.1) is 4.92 Å². The molecule has 6 nitrogen and oxygen atoms in total. The van der Waals surface area contributed by atoms with E-state index in [0.717, 1.165) is 25.0 Å². The molecule has 0 saturated heterocycles. The molecule has 0 aliphatic heterocycles. The van der Waals surface area contributed by atoms with Gasteiger partial charge >= 0.3 is 0 Å². The summed E-state index contributed by atoms with van der Waals surface area (Å²) in [6, 6.07) is 3.49. The number of halogens is 2. The smallest absolute Gasteiger partial charge is 0.270 e. The molecule has 1 aliphatic rings. The molecule has 0 aromatic heterocycles. The lowest BCUT2D eigenvalue weighted by atomic mass is 10.1. The molecule has 0 spiro atoms. The van der Waals surface area contributed by atoms with Crippen molar-refractivity contribution < 1.29 is 18.5 Å². The van der Waals surface area contributed by atoms with Crippen molar-refractivity contribution in [1.29, 1.82) is 0 Å². The van der Waals surface area contributed by atoms with Gasteiger partial charge in [-0.15, -0.1) is 0 Å². The van der Waals surface area contributed by atoms with E-state index >= 15 is 0 Å². The largest absolute Gasteiger partial charge is 0.384 e. The average molecular weight is 299 g/mol. The Bertz CT molecular complexity index is 547. The molecule has 21 heavy (non-hydrogen) atoms. The van der Waals surface area contributed by atoms with Gasteiger partial charge in [-0.25, -0.2) is 8.78 Å². The van der Waals surface area contributed by atoms with Gasteiger partial charge in [-0.05, 0) is 18.9 Å². The summed E-state index contributed by atoms with van der Waals surface area (Å²) in [5, 5.41) is 16.1.